The molecule has 1 aromatic carbocycles. The van der Waals surface area contributed by atoms with Crippen LogP contribution in [0.5, 0.6) is 5.75 Å². The summed E-state index contributed by atoms with van der Waals surface area (Å²) in [4.78, 5) is 38.4. The van der Waals surface area contributed by atoms with Gasteiger partial charge in [0.25, 0.3) is 5.91 Å². The van der Waals surface area contributed by atoms with Crippen molar-refractivity contribution in [1.29, 1.82) is 0 Å². The molecule has 3 rings (SSSR count). The molecule has 30 heavy (non-hydrogen) atoms. The van der Waals surface area contributed by atoms with E-state index in [1.165, 1.54) is 0 Å². The lowest BCUT2D eigenvalue weighted by molar-refractivity contribution is -0.132. The number of rotatable bonds is 8. The van der Waals surface area contributed by atoms with E-state index in [1.807, 2.05) is 0 Å². The fourth-order valence-electron chi connectivity index (χ4n) is 3.78. The van der Waals surface area contributed by atoms with Gasteiger partial charge >= 0.3 is 6.03 Å². The molecule has 2 aliphatic rings. The van der Waals surface area contributed by atoms with E-state index in [9.17, 15) is 22.8 Å². The van der Waals surface area contributed by atoms with E-state index in [0.29, 0.717) is 24.3 Å². The third-order valence-corrected chi connectivity index (χ3v) is 6.26. The maximum atomic E-state index is 12.7. The molecule has 164 valence electrons. The summed E-state index contributed by atoms with van der Waals surface area (Å²) in [5, 5.41) is 5.53. The number of anilines is 1. The second-order valence-corrected chi connectivity index (χ2v) is 10.1. The number of sulfone groups is 1. The molecule has 1 aliphatic heterocycles. The van der Waals surface area contributed by atoms with Crippen LogP contribution in [-0.4, -0.2) is 61.9 Å². The standard InChI is InChI=1S/C20H27N3O6S/c1-30(27,28)13-12-29-16-7-5-6-15(14-16)21-17(24)8-11-23-18(25)20(22-19(23)26)9-3-2-4-10-20/h5-7,14H,2-4,8-13H2,1H3,(H,21,24)(H,22,26). The van der Waals surface area contributed by atoms with E-state index in [0.717, 1.165) is 30.4 Å². The average Bonchev–Trinajstić information content (AvgIpc) is 2.89. The predicted molar refractivity (Wildman–Crippen MR) is 111 cm³/mol. The number of ether oxygens (including phenoxy) is 1. The van der Waals surface area contributed by atoms with Crippen LogP contribution in [0.1, 0.15) is 38.5 Å². The molecule has 2 fully saturated rings. The summed E-state index contributed by atoms with van der Waals surface area (Å²) < 4.78 is 27.7. The predicted octanol–water partition coefficient (Wildman–Crippen LogP) is 1.69. The van der Waals surface area contributed by atoms with Crippen LogP contribution >= 0.6 is 0 Å². The zero-order chi connectivity index (χ0) is 21.8. The Labute approximate surface area is 176 Å². The summed E-state index contributed by atoms with van der Waals surface area (Å²) >= 11 is 0. The van der Waals surface area contributed by atoms with E-state index in [1.54, 1.807) is 24.3 Å². The molecule has 0 atom stereocenters. The third kappa shape index (κ3) is 5.50. The van der Waals surface area contributed by atoms with Crippen molar-refractivity contribution in [3.63, 3.8) is 0 Å². The largest absolute Gasteiger partial charge is 0.492 e. The van der Waals surface area contributed by atoms with Crippen LogP contribution in [0.4, 0.5) is 10.5 Å². The van der Waals surface area contributed by atoms with Crippen molar-refractivity contribution in [2.24, 2.45) is 0 Å². The van der Waals surface area contributed by atoms with Gasteiger partial charge in [-0.15, -0.1) is 0 Å². The Morgan fingerprint density at radius 1 is 1.23 bits per heavy atom. The van der Waals surface area contributed by atoms with Crippen LogP contribution in [0.2, 0.25) is 0 Å². The SMILES string of the molecule is CS(=O)(=O)CCOc1cccc(NC(=O)CCN2C(=O)NC3(CCCCC3)C2=O)c1. The summed E-state index contributed by atoms with van der Waals surface area (Å²) in [5.41, 5.74) is -0.304. The van der Waals surface area contributed by atoms with Crippen LogP contribution in [-0.2, 0) is 19.4 Å². The molecule has 1 spiro atoms. The summed E-state index contributed by atoms with van der Waals surface area (Å²) in [6.07, 6.45) is 5.28. The second kappa shape index (κ2) is 9.03. The van der Waals surface area contributed by atoms with Crippen LogP contribution in [0.15, 0.2) is 24.3 Å². The van der Waals surface area contributed by atoms with E-state index in [-0.39, 0.29) is 37.1 Å². The zero-order valence-corrected chi connectivity index (χ0v) is 17.8. The van der Waals surface area contributed by atoms with Crippen molar-refractivity contribution >= 4 is 33.4 Å². The summed E-state index contributed by atoms with van der Waals surface area (Å²) in [7, 11) is -3.12. The van der Waals surface area contributed by atoms with Crippen LogP contribution in [0, 0.1) is 0 Å². The monoisotopic (exact) mass is 437 g/mol. The Kier molecular flexibility index (Phi) is 6.64. The zero-order valence-electron chi connectivity index (χ0n) is 17.0. The molecule has 9 nitrogen and oxygen atoms in total. The van der Waals surface area contributed by atoms with Gasteiger partial charge in [0.1, 0.15) is 17.9 Å². The smallest absolute Gasteiger partial charge is 0.325 e. The van der Waals surface area contributed by atoms with Crippen LogP contribution in [0.3, 0.4) is 0 Å². The molecule has 0 aromatic heterocycles. The molecule has 10 heteroatoms. The molecule has 0 unspecified atom stereocenters. The molecule has 2 N–H and O–H groups in total. The number of nitrogens with one attached hydrogen (secondary N) is 2. The van der Waals surface area contributed by atoms with E-state index >= 15 is 0 Å². The van der Waals surface area contributed by atoms with Gasteiger partial charge in [-0.2, -0.15) is 0 Å². The molecule has 1 aliphatic carbocycles. The fraction of sp³-hybridized carbons (Fsp3) is 0.550. The molecular weight excluding hydrogens is 410 g/mol. The van der Waals surface area contributed by atoms with Gasteiger partial charge in [0.05, 0.1) is 5.75 Å². The number of benzene rings is 1. The first-order chi connectivity index (χ1) is 14.2. The molecule has 1 aromatic rings. The molecule has 0 bridgehead atoms. The lowest BCUT2D eigenvalue weighted by atomic mass is 9.82. The first-order valence-corrected chi connectivity index (χ1v) is 12.1. The lowest BCUT2D eigenvalue weighted by Crippen LogP contribution is -2.48. The van der Waals surface area contributed by atoms with Gasteiger partial charge in [-0.05, 0) is 25.0 Å². The van der Waals surface area contributed by atoms with Crippen LogP contribution < -0.4 is 15.4 Å². The van der Waals surface area contributed by atoms with E-state index in [4.69, 9.17) is 4.74 Å². The number of hydrogen-bond acceptors (Lipinski definition) is 6. The number of amides is 4. The van der Waals surface area contributed by atoms with Gasteiger partial charge in [-0.1, -0.05) is 25.3 Å². The first kappa shape index (κ1) is 22.1. The summed E-state index contributed by atoms with van der Waals surface area (Å²) in [5.74, 6) is -0.240. The first-order valence-electron chi connectivity index (χ1n) is 10.0. The molecule has 1 saturated carbocycles. The van der Waals surface area contributed by atoms with Gasteiger partial charge in [-0.25, -0.2) is 13.2 Å². The van der Waals surface area contributed by atoms with Crippen molar-refractivity contribution in [2.45, 2.75) is 44.1 Å². The average molecular weight is 438 g/mol. The minimum absolute atomic E-state index is 0.0167. The lowest BCUT2D eigenvalue weighted by Gasteiger charge is -2.30. The Morgan fingerprint density at radius 3 is 2.67 bits per heavy atom. The maximum Gasteiger partial charge on any atom is 0.325 e. The van der Waals surface area contributed by atoms with Gasteiger partial charge < -0.3 is 15.4 Å². The number of nitrogens with zero attached hydrogens (tertiary/aromatic N) is 1. The van der Waals surface area contributed by atoms with Crippen molar-refractivity contribution in [2.75, 3.05) is 30.5 Å². The number of urea groups is 1. The minimum atomic E-state index is -3.12. The fourth-order valence-corrected chi connectivity index (χ4v) is 4.17. The third-order valence-electron chi connectivity index (χ3n) is 5.36. The van der Waals surface area contributed by atoms with Gasteiger partial charge in [0.15, 0.2) is 9.84 Å². The highest BCUT2D eigenvalue weighted by atomic mass is 32.2. The van der Waals surface area contributed by atoms with Crippen molar-refractivity contribution in [1.82, 2.24) is 10.2 Å². The number of carbonyl (C=O) groups excluding carboxylic acids is 3. The molecule has 0 radical (unpaired) electrons. The van der Waals surface area contributed by atoms with E-state index in [2.05, 4.69) is 10.6 Å². The number of imide groups is 1. The second-order valence-electron chi connectivity index (χ2n) is 7.83. The normalized spacial score (nSPS) is 18.4. The topological polar surface area (TPSA) is 122 Å². The summed E-state index contributed by atoms with van der Waals surface area (Å²) in [6, 6.07) is 6.16. The summed E-state index contributed by atoms with van der Waals surface area (Å²) in [6.45, 7) is 0.0347. The molecule has 1 saturated heterocycles. The Hall–Kier alpha value is -2.62. The minimum Gasteiger partial charge on any atom is -0.492 e. The highest BCUT2D eigenvalue weighted by molar-refractivity contribution is 7.90. The Balaban J connectivity index is 1.50. The molecule has 4 amide bonds. The quantitative estimate of drug-likeness (QED) is 0.597. The maximum absolute atomic E-state index is 12.7. The number of hydrogen-bond donors (Lipinski definition) is 2. The Bertz CT molecular complexity index is 924. The van der Waals surface area contributed by atoms with Gasteiger partial charge in [0.2, 0.25) is 5.91 Å². The Morgan fingerprint density at radius 2 is 1.97 bits per heavy atom. The number of carbonyl (C=O) groups is 3. The van der Waals surface area contributed by atoms with E-state index < -0.39 is 21.4 Å². The molecular formula is C20H27N3O6S. The van der Waals surface area contributed by atoms with Gasteiger partial charge in [0, 0.05) is 31.0 Å². The van der Waals surface area contributed by atoms with Crippen molar-refractivity contribution < 1.29 is 27.5 Å². The van der Waals surface area contributed by atoms with Gasteiger partial charge in [-0.3, -0.25) is 14.5 Å². The van der Waals surface area contributed by atoms with Crippen molar-refractivity contribution in [3.05, 3.63) is 24.3 Å². The highest BCUT2D eigenvalue weighted by Crippen LogP contribution is 2.33. The van der Waals surface area contributed by atoms with Crippen molar-refractivity contribution in [3.8, 4) is 5.75 Å². The highest BCUT2D eigenvalue weighted by Gasteiger charge is 2.51. The van der Waals surface area contributed by atoms with Crippen LogP contribution in [0.25, 0.3) is 0 Å². The molecule has 1 heterocycles.